The van der Waals surface area contributed by atoms with Crippen LogP contribution in [0, 0.1) is 6.92 Å². The molecule has 1 spiro atoms. The summed E-state index contributed by atoms with van der Waals surface area (Å²) in [4.78, 5) is 43.7. The van der Waals surface area contributed by atoms with E-state index in [0.717, 1.165) is 5.56 Å². The van der Waals surface area contributed by atoms with Crippen LogP contribution < -0.4 is 10.1 Å². The molecule has 0 bridgehead atoms. The Hall–Kier alpha value is -2.74. The molecular formula is C21H23N3O4S. The van der Waals surface area contributed by atoms with Crippen LogP contribution in [0.15, 0.2) is 29.8 Å². The maximum Gasteiger partial charge on any atom is 0.248 e. The van der Waals surface area contributed by atoms with Gasteiger partial charge in [-0.1, -0.05) is 11.6 Å². The molecular weight excluding hydrogens is 390 g/mol. The second kappa shape index (κ2) is 7.59. The summed E-state index contributed by atoms with van der Waals surface area (Å²) >= 11 is 1.33. The summed E-state index contributed by atoms with van der Waals surface area (Å²) in [5.41, 5.74) is 0.924. The van der Waals surface area contributed by atoms with Gasteiger partial charge in [0.1, 0.15) is 17.4 Å². The molecule has 8 heteroatoms. The zero-order valence-corrected chi connectivity index (χ0v) is 17.3. The molecule has 2 aliphatic heterocycles. The van der Waals surface area contributed by atoms with Crippen LogP contribution in [0.2, 0.25) is 0 Å². The van der Waals surface area contributed by atoms with Crippen LogP contribution in [0.3, 0.4) is 0 Å². The highest BCUT2D eigenvalue weighted by Gasteiger charge is 2.44. The van der Waals surface area contributed by atoms with E-state index in [9.17, 15) is 14.4 Å². The van der Waals surface area contributed by atoms with E-state index in [-0.39, 0.29) is 30.4 Å². The number of carbonyl (C=O) groups excluding carboxylic acids is 3. The maximum absolute atomic E-state index is 12.8. The van der Waals surface area contributed by atoms with Gasteiger partial charge >= 0.3 is 0 Å². The largest absolute Gasteiger partial charge is 0.486 e. The van der Waals surface area contributed by atoms with E-state index in [2.05, 4.69) is 10.3 Å². The number of thiazole rings is 1. The van der Waals surface area contributed by atoms with Gasteiger partial charge in [-0.2, -0.15) is 0 Å². The number of nitrogens with zero attached hydrogens (tertiary/aromatic N) is 2. The van der Waals surface area contributed by atoms with Gasteiger partial charge in [-0.05, 0) is 32.4 Å². The summed E-state index contributed by atoms with van der Waals surface area (Å²) in [6.45, 7) is 4.02. The van der Waals surface area contributed by atoms with Gasteiger partial charge in [0, 0.05) is 31.0 Å². The number of hydrogen-bond acceptors (Lipinski definition) is 6. The summed E-state index contributed by atoms with van der Waals surface area (Å²) in [5, 5.41) is 5.03. The first kappa shape index (κ1) is 19.6. The molecule has 2 aliphatic rings. The topological polar surface area (TPSA) is 88.6 Å². The Morgan fingerprint density at radius 1 is 1.34 bits per heavy atom. The molecule has 1 saturated heterocycles. The molecule has 0 aliphatic carbocycles. The van der Waals surface area contributed by atoms with Crippen LogP contribution in [0.5, 0.6) is 5.75 Å². The summed E-state index contributed by atoms with van der Waals surface area (Å²) in [6, 6.07) is 4.97. The zero-order chi connectivity index (χ0) is 20.6. The number of hydrogen-bond donors (Lipinski definition) is 1. The standard InChI is InChI=1S/C21H23N3O4S/c1-13-3-4-17-15(11-13)16(25)12-21(28-17)6-5-18(26)24(9-7-21)14(2)19(27)23-20-22-8-10-29-20/h3-4,8,10-11,14H,5-7,9,12H2,1-2H3,(H,22,23,27)/t14-,21+/m1/s1. The Morgan fingerprint density at radius 3 is 2.93 bits per heavy atom. The summed E-state index contributed by atoms with van der Waals surface area (Å²) < 4.78 is 6.28. The van der Waals surface area contributed by atoms with Crippen LogP contribution in [-0.2, 0) is 9.59 Å². The minimum atomic E-state index is -0.699. The van der Waals surface area contributed by atoms with Crippen LogP contribution in [0.4, 0.5) is 5.13 Å². The number of aryl methyl sites for hydroxylation is 1. The first-order valence-electron chi connectivity index (χ1n) is 9.70. The average molecular weight is 413 g/mol. The summed E-state index contributed by atoms with van der Waals surface area (Å²) in [5.74, 6) is 0.257. The molecule has 2 amide bonds. The highest BCUT2D eigenvalue weighted by molar-refractivity contribution is 7.13. The minimum Gasteiger partial charge on any atom is -0.486 e. The van der Waals surface area contributed by atoms with E-state index >= 15 is 0 Å². The van der Waals surface area contributed by atoms with Gasteiger partial charge in [0.25, 0.3) is 0 Å². The Bertz CT molecular complexity index is 959. The van der Waals surface area contributed by atoms with Crippen molar-refractivity contribution in [1.82, 2.24) is 9.88 Å². The predicted octanol–water partition coefficient (Wildman–Crippen LogP) is 3.20. The number of ketones is 1. The maximum atomic E-state index is 12.8. The number of anilines is 1. The van der Waals surface area contributed by atoms with E-state index in [1.807, 2.05) is 25.1 Å². The lowest BCUT2D eigenvalue weighted by Gasteiger charge is -2.37. The van der Waals surface area contributed by atoms with Crippen LogP contribution in [-0.4, -0.2) is 45.7 Å². The van der Waals surface area contributed by atoms with E-state index < -0.39 is 11.6 Å². The second-order valence-electron chi connectivity index (χ2n) is 7.72. The Kier molecular flexibility index (Phi) is 5.12. The fourth-order valence-electron chi connectivity index (χ4n) is 3.99. The number of ether oxygens (including phenoxy) is 1. The van der Waals surface area contributed by atoms with E-state index in [4.69, 9.17) is 4.74 Å². The minimum absolute atomic E-state index is 0.0467. The van der Waals surface area contributed by atoms with Gasteiger partial charge in [-0.15, -0.1) is 11.3 Å². The van der Waals surface area contributed by atoms with Crippen molar-refractivity contribution in [3.05, 3.63) is 40.9 Å². The third kappa shape index (κ3) is 3.89. The lowest BCUT2D eigenvalue weighted by atomic mass is 9.84. The van der Waals surface area contributed by atoms with Crippen LogP contribution in [0.25, 0.3) is 0 Å². The third-order valence-corrected chi connectivity index (χ3v) is 6.37. The number of amides is 2. The summed E-state index contributed by atoms with van der Waals surface area (Å²) in [7, 11) is 0. The fraction of sp³-hybridized carbons (Fsp3) is 0.429. The van der Waals surface area contributed by atoms with Gasteiger partial charge in [0.05, 0.1) is 12.0 Å². The molecule has 0 radical (unpaired) electrons. The monoisotopic (exact) mass is 413 g/mol. The molecule has 0 saturated carbocycles. The SMILES string of the molecule is Cc1ccc2c(c1)C(=O)C[C@@]1(CCC(=O)N([C@H](C)C(=O)Nc3nccs3)CC1)O2. The van der Waals surface area contributed by atoms with Gasteiger partial charge < -0.3 is 15.0 Å². The molecule has 29 heavy (non-hydrogen) atoms. The molecule has 4 rings (SSSR count). The normalized spacial score (nSPS) is 22.6. The molecule has 2 aromatic rings. The fourth-order valence-corrected chi connectivity index (χ4v) is 4.52. The molecule has 1 aromatic carbocycles. The van der Waals surface area contributed by atoms with E-state index in [1.165, 1.54) is 11.3 Å². The van der Waals surface area contributed by atoms with Crippen molar-refractivity contribution in [2.75, 3.05) is 11.9 Å². The van der Waals surface area contributed by atoms with Crippen LogP contribution in [0.1, 0.15) is 48.5 Å². The number of carbonyl (C=O) groups is 3. The van der Waals surface area contributed by atoms with E-state index in [1.54, 1.807) is 23.4 Å². The summed E-state index contributed by atoms with van der Waals surface area (Å²) in [6.07, 6.45) is 3.07. The van der Waals surface area contributed by atoms with Crippen LogP contribution >= 0.6 is 11.3 Å². The number of benzene rings is 1. The number of fused-ring (bicyclic) bond motifs is 1. The van der Waals surface area contributed by atoms with Gasteiger partial charge in [0.15, 0.2) is 10.9 Å². The van der Waals surface area contributed by atoms with Crippen molar-refractivity contribution in [3.63, 3.8) is 0 Å². The third-order valence-electron chi connectivity index (χ3n) is 5.68. The van der Waals surface area contributed by atoms with Crippen molar-refractivity contribution < 1.29 is 19.1 Å². The Morgan fingerprint density at radius 2 is 2.17 bits per heavy atom. The first-order chi connectivity index (χ1) is 13.9. The van der Waals surface area contributed by atoms with Crippen molar-refractivity contribution in [2.24, 2.45) is 0 Å². The van der Waals surface area contributed by atoms with Gasteiger partial charge in [0.2, 0.25) is 11.8 Å². The van der Waals surface area contributed by atoms with Gasteiger partial charge in [-0.25, -0.2) is 4.98 Å². The lowest BCUT2D eigenvalue weighted by Crippen LogP contribution is -2.46. The van der Waals surface area contributed by atoms with Crippen molar-refractivity contribution in [3.8, 4) is 5.75 Å². The number of rotatable bonds is 3. The molecule has 3 heterocycles. The van der Waals surface area contributed by atoms with Crippen molar-refractivity contribution >= 4 is 34.1 Å². The van der Waals surface area contributed by atoms with Gasteiger partial charge in [-0.3, -0.25) is 14.4 Å². The first-order valence-corrected chi connectivity index (χ1v) is 10.6. The molecule has 1 fully saturated rings. The quantitative estimate of drug-likeness (QED) is 0.835. The molecule has 0 unspecified atom stereocenters. The Balaban J connectivity index is 1.49. The molecule has 1 N–H and O–H groups in total. The molecule has 7 nitrogen and oxygen atoms in total. The van der Waals surface area contributed by atoms with E-state index in [0.29, 0.717) is 35.8 Å². The van der Waals surface area contributed by atoms with Crippen molar-refractivity contribution in [1.29, 1.82) is 0 Å². The Labute approximate surface area is 173 Å². The molecule has 1 aromatic heterocycles. The average Bonchev–Trinajstić information content (AvgIpc) is 3.14. The predicted molar refractivity (Wildman–Crippen MR) is 109 cm³/mol. The molecule has 2 atom stereocenters. The molecule has 152 valence electrons. The van der Waals surface area contributed by atoms with Crippen molar-refractivity contribution in [2.45, 2.75) is 51.2 Å². The number of likely N-dealkylation sites (tertiary alicyclic amines) is 1. The second-order valence-corrected chi connectivity index (χ2v) is 8.62. The number of nitrogens with one attached hydrogen (secondary N) is 1. The number of aromatic nitrogens is 1. The highest BCUT2D eigenvalue weighted by atomic mass is 32.1. The zero-order valence-electron chi connectivity index (χ0n) is 16.4. The lowest BCUT2D eigenvalue weighted by molar-refractivity contribution is -0.137. The smallest absolute Gasteiger partial charge is 0.248 e. The number of Topliss-reactive ketones (excluding diaryl/α,β-unsaturated/α-hetero) is 1. The highest BCUT2D eigenvalue weighted by Crippen LogP contribution is 2.40.